The lowest BCUT2D eigenvalue weighted by Crippen LogP contribution is -2.12. The highest BCUT2D eigenvalue weighted by Gasteiger charge is 2.14. The molecule has 0 aliphatic carbocycles. The van der Waals surface area contributed by atoms with E-state index in [1.165, 1.54) is 16.7 Å². The Bertz CT molecular complexity index is 371. The van der Waals surface area contributed by atoms with E-state index in [0.717, 1.165) is 18.6 Å². The van der Waals surface area contributed by atoms with Crippen molar-refractivity contribution in [3.8, 4) is 5.75 Å². The van der Waals surface area contributed by atoms with Crippen molar-refractivity contribution in [2.45, 2.75) is 52.5 Å². The van der Waals surface area contributed by atoms with Crippen LogP contribution in [-0.2, 0) is 0 Å². The predicted octanol–water partition coefficient (Wildman–Crippen LogP) is 3.93. The Morgan fingerprint density at radius 1 is 1.24 bits per heavy atom. The van der Waals surface area contributed by atoms with Gasteiger partial charge in [0.25, 0.3) is 0 Å². The third kappa shape index (κ3) is 3.22. The minimum Gasteiger partial charge on any atom is -0.496 e. The molecular formula is C15H25NO. The second-order valence-corrected chi connectivity index (χ2v) is 5.00. The van der Waals surface area contributed by atoms with Crippen molar-refractivity contribution < 1.29 is 4.74 Å². The van der Waals surface area contributed by atoms with Gasteiger partial charge in [-0.15, -0.1) is 0 Å². The van der Waals surface area contributed by atoms with Crippen LogP contribution >= 0.6 is 0 Å². The van der Waals surface area contributed by atoms with Crippen molar-refractivity contribution in [1.82, 2.24) is 0 Å². The maximum atomic E-state index is 6.23. The molecule has 0 spiro atoms. The van der Waals surface area contributed by atoms with Crippen molar-refractivity contribution in [3.63, 3.8) is 0 Å². The van der Waals surface area contributed by atoms with E-state index in [1.807, 2.05) is 0 Å². The molecule has 2 N–H and O–H groups in total. The van der Waals surface area contributed by atoms with Crippen LogP contribution in [0.5, 0.6) is 5.75 Å². The first-order chi connectivity index (χ1) is 8.01. The van der Waals surface area contributed by atoms with Gasteiger partial charge in [-0.2, -0.15) is 0 Å². The van der Waals surface area contributed by atoms with Gasteiger partial charge in [-0.3, -0.25) is 0 Å². The molecule has 1 unspecified atom stereocenters. The Morgan fingerprint density at radius 3 is 2.35 bits per heavy atom. The number of ether oxygens (including phenoxy) is 1. The summed E-state index contributed by atoms with van der Waals surface area (Å²) in [4.78, 5) is 0. The number of hydrogen-bond donors (Lipinski definition) is 1. The smallest absolute Gasteiger partial charge is 0.122 e. The van der Waals surface area contributed by atoms with Gasteiger partial charge >= 0.3 is 0 Å². The van der Waals surface area contributed by atoms with Crippen LogP contribution in [-0.4, -0.2) is 7.11 Å². The van der Waals surface area contributed by atoms with Crippen LogP contribution in [0.15, 0.2) is 12.1 Å². The van der Waals surface area contributed by atoms with Gasteiger partial charge < -0.3 is 10.5 Å². The van der Waals surface area contributed by atoms with Gasteiger partial charge in [0.1, 0.15) is 5.75 Å². The SMILES string of the molecule is CCCC(N)c1cc(C(C)C)c(OC)cc1C. The number of aryl methyl sites for hydroxylation is 1. The fraction of sp³-hybridized carbons (Fsp3) is 0.600. The second kappa shape index (κ2) is 6.06. The summed E-state index contributed by atoms with van der Waals surface area (Å²) in [5.74, 6) is 1.43. The lowest BCUT2D eigenvalue weighted by molar-refractivity contribution is 0.406. The Balaban J connectivity index is 3.19. The van der Waals surface area contributed by atoms with E-state index in [1.54, 1.807) is 7.11 Å². The number of benzene rings is 1. The Hall–Kier alpha value is -1.02. The summed E-state index contributed by atoms with van der Waals surface area (Å²) in [5, 5.41) is 0. The molecule has 96 valence electrons. The number of nitrogens with two attached hydrogens (primary N) is 1. The average molecular weight is 235 g/mol. The predicted molar refractivity (Wildman–Crippen MR) is 73.7 cm³/mol. The first-order valence-electron chi connectivity index (χ1n) is 6.45. The minimum absolute atomic E-state index is 0.142. The van der Waals surface area contributed by atoms with E-state index in [4.69, 9.17) is 10.5 Å². The maximum absolute atomic E-state index is 6.23. The van der Waals surface area contributed by atoms with E-state index in [-0.39, 0.29) is 6.04 Å². The van der Waals surface area contributed by atoms with Crippen molar-refractivity contribution in [3.05, 3.63) is 28.8 Å². The van der Waals surface area contributed by atoms with Crippen LogP contribution in [0.1, 0.15) is 62.3 Å². The van der Waals surface area contributed by atoms with Crippen LogP contribution < -0.4 is 10.5 Å². The zero-order valence-electron chi connectivity index (χ0n) is 11.7. The van der Waals surface area contributed by atoms with Gasteiger partial charge in [0, 0.05) is 6.04 Å². The molecule has 0 aliphatic heterocycles. The fourth-order valence-electron chi connectivity index (χ4n) is 2.21. The van der Waals surface area contributed by atoms with Crippen molar-refractivity contribution in [1.29, 1.82) is 0 Å². The summed E-state index contributed by atoms with van der Waals surface area (Å²) in [6, 6.07) is 4.47. The quantitative estimate of drug-likeness (QED) is 0.839. The van der Waals surface area contributed by atoms with Crippen LogP contribution in [0.2, 0.25) is 0 Å². The molecule has 0 saturated heterocycles. The minimum atomic E-state index is 0.142. The van der Waals surface area contributed by atoms with Crippen LogP contribution in [0.4, 0.5) is 0 Å². The molecule has 1 aromatic rings. The Morgan fingerprint density at radius 2 is 1.88 bits per heavy atom. The van der Waals surface area contributed by atoms with Gasteiger partial charge in [-0.1, -0.05) is 33.3 Å². The Labute approximate surface area is 105 Å². The summed E-state index contributed by atoms with van der Waals surface area (Å²) in [6.07, 6.45) is 2.15. The first kappa shape index (κ1) is 14.0. The maximum Gasteiger partial charge on any atom is 0.122 e. The largest absolute Gasteiger partial charge is 0.496 e. The molecule has 0 aromatic heterocycles. The summed E-state index contributed by atoms with van der Waals surface area (Å²) in [7, 11) is 1.73. The first-order valence-corrected chi connectivity index (χ1v) is 6.45. The van der Waals surface area contributed by atoms with Gasteiger partial charge in [0.15, 0.2) is 0 Å². The molecule has 0 bridgehead atoms. The van der Waals surface area contributed by atoms with Gasteiger partial charge in [-0.25, -0.2) is 0 Å². The Kier molecular flexibility index (Phi) is 5.01. The molecule has 1 rings (SSSR count). The van der Waals surface area contributed by atoms with Crippen molar-refractivity contribution >= 4 is 0 Å². The fourth-order valence-corrected chi connectivity index (χ4v) is 2.21. The monoisotopic (exact) mass is 235 g/mol. The van der Waals surface area contributed by atoms with E-state index in [9.17, 15) is 0 Å². The van der Waals surface area contributed by atoms with Crippen LogP contribution in [0.3, 0.4) is 0 Å². The molecule has 0 fully saturated rings. The molecule has 1 aromatic carbocycles. The standard InChI is InChI=1S/C15H25NO/c1-6-7-14(16)13-9-12(10(2)3)15(17-5)8-11(13)4/h8-10,14H,6-7,16H2,1-5H3. The lowest BCUT2D eigenvalue weighted by atomic mass is 9.92. The van der Waals surface area contributed by atoms with Gasteiger partial charge in [0.2, 0.25) is 0 Å². The van der Waals surface area contributed by atoms with Crippen molar-refractivity contribution in [2.24, 2.45) is 5.73 Å². The van der Waals surface area contributed by atoms with E-state index < -0.39 is 0 Å². The van der Waals surface area contributed by atoms with E-state index >= 15 is 0 Å². The highest BCUT2D eigenvalue weighted by atomic mass is 16.5. The molecule has 0 saturated carbocycles. The molecule has 1 atom stereocenters. The highest BCUT2D eigenvalue weighted by molar-refractivity contribution is 5.45. The third-order valence-electron chi connectivity index (χ3n) is 3.24. The van der Waals surface area contributed by atoms with Crippen molar-refractivity contribution in [2.75, 3.05) is 7.11 Å². The van der Waals surface area contributed by atoms with E-state index in [2.05, 4.69) is 39.8 Å². The molecular weight excluding hydrogens is 210 g/mol. The summed E-state index contributed by atoms with van der Waals surface area (Å²) in [6.45, 7) is 8.64. The van der Waals surface area contributed by atoms with E-state index in [0.29, 0.717) is 5.92 Å². The zero-order chi connectivity index (χ0) is 13.0. The highest BCUT2D eigenvalue weighted by Crippen LogP contribution is 2.32. The number of rotatable bonds is 5. The normalized spacial score (nSPS) is 12.9. The molecule has 0 aliphatic rings. The van der Waals surface area contributed by atoms with Gasteiger partial charge in [0.05, 0.1) is 7.11 Å². The van der Waals surface area contributed by atoms with Crippen LogP contribution in [0.25, 0.3) is 0 Å². The van der Waals surface area contributed by atoms with Crippen LogP contribution in [0, 0.1) is 6.92 Å². The molecule has 2 nitrogen and oxygen atoms in total. The average Bonchev–Trinajstić information content (AvgIpc) is 2.28. The molecule has 0 heterocycles. The molecule has 0 radical (unpaired) electrons. The van der Waals surface area contributed by atoms with Gasteiger partial charge in [-0.05, 0) is 42.0 Å². The molecule has 2 heteroatoms. The zero-order valence-corrected chi connectivity index (χ0v) is 11.7. The topological polar surface area (TPSA) is 35.2 Å². The number of hydrogen-bond acceptors (Lipinski definition) is 2. The second-order valence-electron chi connectivity index (χ2n) is 5.00. The lowest BCUT2D eigenvalue weighted by Gasteiger charge is -2.19. The summed E-state index contributed by atoms with van der Waals surface area (Å²) in [5.41, 5.74) is 9.97. The summed E-state index contributed by atoms with van der Waals surface area (Å²) >= 11 is 0. The third-order valence-corrected chi connectivity index (χ3v) is 3.24. The number of methoxy groups -OCH3 is 1. The summed E-state index contributed by atoms with van der Waals surface area (Å²) < 4.78 is 5.44. The molecule has 0 amide bonds. The molecule has 17 heavy (non-hydrogen) atoms.